The van der Waals surface area contributed by atoms with Crippen molar-refractivity contribution in [3.8, 4) is 5.75 Å². The van der Waals surface area contributed by atoms with Crippen LogP contribution in [0.25, 0.3) is 6.08 Å². The van der Waals surface area contributed by atoms with Gasteiger partial charge in [-0.15, -0.1) is 4.18 Å². The summed E-state index contributed by atoms with van der Waals surface area (Å²) in [5, 5.41) is 0. The number of hydrogen-bond acceptors (Lipinski definition) is 19. The molecule has 0 fully saturated rings. The molecule has 1 aromatic rings. The van der Waals surface area contributed by atoms with Crippen LogP contribution in [0.15, 0.2) is 24.3 Å². The molecular formula is C50H94NO20S+2. The monoisotopic (exact) mass is 1060 g/mol. The van der Waals surface area contributed by atoms with Crippen LogP contribution in [0.1, 0.15) is 69.9 Å². The van der Waals surface area contributed by atoms with Gasteiger partial charge in [-0.05, 0) is 37.5 Å². The molecule has 1 aromatic carbocycles. The Morgan fingerprint density at radius 3 is 1.01 bits per heavy atom. The molecule has 1 atom stereocenters. The lowest BCUT2D eigenvalue weighted by Crippen LogP contribution is -2.53. The van der Waals surface area contributed by atoms with Crippen LogP contribution >= 0.6 is 0 Å². The molecule has 1 unspecified atom stereocenters. The molecule has 0 aliphatic rings. The molecule has 0 aliphatic heterocycles. The van der Waals surface area contributed by atoms with E-state index in [2.05, 4.69) is 51.6 Å². The maximum Gasteiger partial charge on any atom is 0.597 e. The molecule has 72 heavy (non-hydrogen) atoms. The van der Waals surface area contributed by atoms with Gasteiger partial charge in [0.05, 0.1) is 202 Å². The Labute approximate surface area is 432 Å². The number of benzene rings is 1. The topological polar surface area (TPSA) is 231 Å². The highest BCUT2D eigenvalue weighted by molar-refractivity contribution is 7.88. The average Bonchev–Trinajstić information content (AvgIpc) is 3.38. The third kappa shape index (κ3) is 49.1. The lowest BCUT2D eigenvalue weighted by atomic mass is 10.0. The maximum atomic E-state index is 10.9. The summed E-state index contributed by atoms with van der Waals surface area (Å²) in [6.45, 7) is 18.2. The van der Waals surface area contributed by atoms with E-state index < -0.39 is 10.8 Å². The van der Waals surface area contributed by atoms with Crippen LogP contribution in [0, 0.1) is 0 Å². The molecule has 0 aromatic heterocycles. The van der Waals surface area contributed by atoms with Crippen LogP contribution in [0.5, 0.6) is 5.75 Å². The quantitative estimate of drug-likeness (QED) is 0.0538. The van der Waals surface area contributed by atoms with Crippen LogP contribution < -0.4 is 10.6 Å². The van der Waals surface area contributed by atoms with Gasteiger partial charge in [0.2, 0.25) is 0 Å². The molecule has 22 heteroatoms. The summed E-state index contributed by atoms with van der Waals surface area (Å²) in [5.74, 6) is 3.67. The van der Waals surface area contributed by atoms with Crippen molar-refractivity contribution in [2.24, 2.45) is 0 Å². The zero-order chi connectivity index (χ0) is 51.8. The predicted molar refractivity (Wildman–Crippen MR) is 269 cm³/mol. The van der Waals surface area contributed by atoms with E-state index in [1.807, 2.05) is 6.92 Å². The summed E-state index contributed by atoms with van der Waals surface area (Å²) in [5.41, 5.74) is 2.49. The first-order valence-electron chi connectivity index (χ1n) is 25.9. The Bertz CT molecular complexity index is 1340. The van der Waals surface area contributed by atoms with Gasteiger partial charge in [-0.2, -0.15) is 5.90 Å². The zero-order valence-electron chi connectivity index (χ0n) is 44.0. The van der Waals surface area contributed by atoms with Crippen molar-refractivity contribution >= 4 is 16.9 Å². The van der Waals surface area contributed by atoms with E-state index in [0.717, 1.165) is 17.7 Å². The van der Waals surface area contributed by atoms with Gasteiger partial charge in [0.15, 0.2) is 0 Å². The molecule has 0 saturated heterocycles. The summed E-state index contributed by atoms with van der Waals surface area (Å²) >= 11 is 0. The van der Waals surface area contributed by atoms with E-state index in [1.54, 1.807) is 0 Å². The summed E-state index contributed by atoms with van der Waals surface area (Å²) in [7, 11) is -4.04. The first-order chi connectivity index (χ1) is 35.5. The van der Waals surface area contributed by atoms with Crippen molar-refractivity contribution < 1.29 is 98.9 Å². The highest BCUT2D eigenvalue weighted by Crippen LogP contribution is 2.23. The molecule has 0 heterocycles. The van der Waals surface area contributed by atoms with E-state index in [-0.39, 0.29) is 13.2 Å². The van der Waals surface area contributed by atoms with Crippen molar-refractivity contribution in [2.75, 3.05) is 211 Å². The molecule has 0 amide bonds. The van der Waals surface area contributed by atoms with Gasteiger partial charge in [-0.25, -0.2) is 0 Å². The van der Waals surface area contributed by atoms with Crippen LogP contribution in [0.4, 0.5) is 0 Å². The standard InChI is InChI=1S/C50H94NO20S/c1-3-5-6-7-8-9-10-12-48-13-14-50(49(47-48)11-4-2)69-45-43-67-41-39-65-37-35-63-33-31-61-29-27-59-25-23-57-21-19-55-17-15-54-16-18-56-20-22-58-24-26-60-28-30-62-32-34-64-36-38-66-40-42-68-44-46-70-72(52,53)71-51/h4,11,13-14,47H,3,5-10,12,15-46H2,1-2,51H3/q+2/b11-4+. The molecule has 3 N–H and O–H groups in total. The van der Waals surface area contributed by atoms with Gasteiger partial charge in [0.25, 0.3) is 0 Å². The van der Waals surface area contributed by atoms with E-state index in [0.29, 0.717) is 198 Å². The number of hydrogen-bond donors (Lipinski definition) is 1. The van der Waals surface area contributed by atoms with E-state index in [9.17, 15) is 8.76 Å². The Morgan fingerprint density at radius 2 is 0.708 bits per heavy atom. The highest BCUT2D eigenvalue weighted by Gasteiger charge is 2.35. The Hall–Kier alpha value is -1.85. The molecule has 1 rings (SSSR count). The number of aryl methyl sites for hydroxylation is 1. The second kappa shape index (κ2) is 55.4. The molecule has 0 saturated carbocycles. The second-order valence-corrected chi connectivity index (χ2v) is 16.9. The fraction of sp³-hybridized carbons (Fsp3) is 0.840. The van der Waals surface area contributed by atoms with Gasteiger partial charge in [-0.1, -0.05) is 63.7 Å². The van der Waals surface area contributed by atoms with Gasteiger partial charge < -0.3 is 75.8 Å². The number of rotatable bonds is 60. The molecule has 21 nitrogen and oxygen atoms in total. The molecule has 0 aliphatic carbocycles. The lowest BCUT2D eigenvalue weighted by Gasteiger charge is -2.12. The fourth-order valence-electron chi connectivity index (χ4n) is 6.10. The van der Waals surface area contributed by atoms with Crippen LogP contribution in [-0.2, 0) is 105 Å². The summed E-state index contributed by atoms with van der Waals surface area (Å²) < 4.78 is 119. The third-order valence-electron chi connectivity index (χ3n) is 9.78. The van der Waals surface area contributed by atoms with Crippen molar-refractivity contribution in [2.45, 2.75) is 65.2 Å². The van der Waals surface area contributed by atoms with Crippen molar-refractivity contribution in [1.82, 2.24) is 0 Å². The van der Waals surface area contributed by atoms with E-state index in [1.165, 1.54) is 50.5 Å². The molecule has 423 valence electrons. The Morgan fingerprint density at radius 1 is 0.417 bits per heavy atom. The molecule has 1 radical (unpaired) electrons. The summed E-state index contributed by atoms with van der Waals surface area (Å²) in [4.78, 5) is 0. The number of quaternary nitrogens is 1. The fourth-order valence-corrected chi connectivity index (χ4v) is 6.44. The number of allylic oxidation sites excluding steroid dienone is 1. The van der Waals surface area contributed by atoms with Gasteiger partial charge in [-0.3, -0.25) is 0 Å². The highest BCUT2D eigenvalue weighted by atomic mass is 32.3. The predicted octanol–water partition coefficient (Wildman–Crippen LogP) is 4.51. The van der Waals surface area contributed by atoms with Gasteiger partial charge in [0.1, 0.15) is 23.5 Å². The number of ether oxygens (including phenoxy) is 16. The molecular weight excluding hydrogens is 967 g/mol. The van der Waals surface area contributed by atoms with Crippen molar-refractivity contribution in [3.05, 3.63) is 35.4 Å². The SMILES string of the molecule is C/C=C/c1cc(CCCCCCCCC)ccc1OCCOCCOCCOCCOCCOCCOCCOCCOCCOCCOCCOCCOCCOCCOCCOCCO[S+]([O])(=O)O[NH3+]. The first kappa shape index (κ1) is 68.2. The summed E-state index contributed by atoms with van der Waals surface area (Å²) in [6.07, 6.45) is 14.5. The smallest absolute Gasteiger partial charge is 0.491 e. The normalized spacial score (nSPS) is 12.7. The van der Waals surface area contributed by atoms with E-state index >= 15 is 0 Å². The third-order valence-corrected chi connectivity index (χ3v) is 10.5. The van der Waals surface area contributed by atoms with E-state index in [4.69, 9.17) is 75.8 Å². The Kier molecular flexibility index (Phi) is 52.4. The summed E-state index contributed by atoms with van der Waals surface area (Å²) in [6, 6.07) is 6.53. The minimum atomic E-state index is -4.04. The van der Waals surface area contributed by atoms with Crippen molar-refractivity contribution in [1.29, 1.82) is 0 Å². The number of unbranched alkanes of at least 4 members (excludes halogenated alkanes) is 6. The second-order valence-electron chi connectivity index (χ2n) is 15.6. The molecule has 0 bridgehead atoms. The largest absolute Gasteiger partial charge is 0.597 e. The maximum absolute atomic E-state index is 10.9. The average molecular weight is 1060 g/mol. The minimum absolute atomic E-state index is 0.0839. The van der Waals surface area contributed by atoms with Gasteiger partial charge in [0, 0.05) is 9.77 Å². The zero-order valence-corrected chi connectivity index (χ0v) is 44.8. The van der Waals surface area contributed by atoms with Gasteiger partial charge >= 0.3 is 10.8 Å². The van der Waals surface area contributed by atoms with Crippen LogP contribution in [0.3, 0.4) is 0 Å². The van der Waals surface area contributed by atoms with Crippen LogP contribution in [0.2, 0.25) is 0 Å². The first-order valence-corrected chi connectivity index (χ1v) is 27.2. The Balaban J connectivity index is 1.70. The van der Waals surface area contributed by atoms with Crippen molar-refractivity contribution in [3.63, 3.8) is 0 Å². The van der Waals surface area contributed by atoms with Crippen LogP contribution in [-0.4, -0.2) is 211 Å². The molecule has 0 spiro atoms. The minimum Gasteiger partial charge on any atom is -0.491 e. The lowest BCUT2D eigenvalue weighted by molar-refractivity contribution is -0.640.